The fraction of sp³-hybridized carbons (Fsp3) is 0.500. The largest absolute Gasteiger partial charge is 0.350 e. The van der Waals surface area contributed by atoms with Crippen LogP contribution >= 0.6 is 11.3 Å². The van der Waals surface area contributed by atoms with Crippen LogP contribution < -0.4 is 5.32 Å². The highest BCUT2D eigenvalue weighted by Crippen LogP contribution is 2.19. The van der Waals surface area contributed by atoms with Crippen molar-refractivity contribution in [3.8, 4) is 10.7 Å². The molecule has 2 aromatic heterocycles. The maximum atomic E-state index is 11.8. The number of carbonyl (C=O) groups is 1. The van der Waals surface area contributed by atoms with Gasteiger partial charge in [0.15, 0.2) is 0 Å². The van der Waals surface area contributed by atoms with Crippen molar-refractivity contribution in [3.05, 3.63) is 17.5 Å². The van der Waals surface area contributed by atoms with E-state index in [1.807, 2.05) is 38.3 Å². The molecule has 7 heteroatoms. The zero-order valence-corrected chi connectivity index (χ0v) is 12.1. The first kappa shape index (κ1) is 13.7. The molecule has 1 amide bonds. The van der Waals surface area contributed by atoms with Crippen LogP contribution in [0.1, 0.15) is 27.2 Å². The number of tetrazole rings is 1. The second kappa shape index (κ2) is 5.48. The third-order valence-electron chi connectivity index (χ3n) is 2.84. The Kier molecular flexibility index (Phi) is 3.94. The van der Waals surface area contributed by atoms with Crippen LogP contribution in [-0.2, 0) is 11.3 Å². The number of hydrogen-bond donors (Lipinski definition) is 1. The molecule has 19 heavy (non-hydrogen) atoms. The van der Waals surface area contributed by atoms with Crippen molar-refractivity contribution in [3.63, 3.8) is 0 Å². The lowest BCUT2D eigenvalue weighted by Gasteiger charge is -2.24. The van der Waals surface area contributed by atoms with Crippen molar-refractivity contribution in [2.75, 3.05) is 0 Å². The Hall–Kier alpha value is -1.76. The third kappa shape index (κ3) is 3.60. The Morgan fingerprint density at radius 1 is 1.53 bits per heavy atom. The third-order valence-corrected chi connectivity index (χ3v) is 3.71. The molecule has 0 unspecified atom stereocenters. The van der Waals surface area contributed by atoms with Gasteiger partial charge in [0.25, 0.3) is 0 Å². The highest BCUT2D eigenvalue weighted by molar-refractivity contribution is 7.13. The lowest BCUT2D eigenvalue weighted by atomic mass is 10.0. The monoisotopic (exact) mass is 279 g/mol. The van der Waals surface area contributed by atoms with E-state index in [4.69, 9.17) is 0 Å². The van der Waals surface area contributed by atoms with Gasteiger partial charge >= 0.3 is 0 Å². The van der Waals surface area contributed by atoms with Crippen LogP contribution in [0.15, 0.2) is 17.5 Å². The van der Waals surface area contributed by atoms with Crippen molar-refractivity contribution < 1.29 is 4.79 Å². The molecule has 0 spiro atoms. The summed E-state index contributed by atoms with van der Waals surface area (Å²) in [5.41, 5.74) is -0.214. The molecule has 0 atom stereocenters. The maximum Gasteiger partial charge on any atom is 0.244 e. The van der Waals surface area contributed by atoms with Gasteiger partial charge in [-0.1, -0.05) is 13.0 Å². The van der Waals surface area contributed by atoms with E-state index >= 15 is 0 Å². The zero-order chi connectivity index (χ0) is 13.9. The molecular formula is C12H17N5OS. The number of aromatic nitrogens is 4. The van der Waals surface area contributed by atoms with Gasteiger partial charge in [-0.05, 0) is 36.9 Å². The van der Waals surface area contributed by atoms with Crippen LogP contribution in [-0.4, -0.2) is 31.7 Å². The minimum atomic E-state index is -0.214. The first-order valence-corrected chi connectivity index (χ1v) is 7.01. The lowest BCUT2D eigenvalue weighted by molar-refractivity contribution is -0.123. The van der Waals surface area contributed by atoms with E-state index in [0.29, 0.717) is 5.82 Å². The highest BCUT2D eigenvalue weighted by Gasteiger charge is 2.18. The van der Waals surface area contributed by atoms with Crippen molar-refractivity contribution in [2.24, 2.45) is 0 Å². The summed E-state index contributed by atoms with van der Waals surface area (Å²) >= 11 is 1.54. The predicted molar refractivity (Wildman–Crippen MR) is 73.6 cm³/mol. The second-order valence-corrected chi connectivity index (χ2v) is 5.85. The minimum absolute atomic E-state index is 0.0851. The van der Waals surface area contributed by atoms with Crippen molar-refractivity contribution in [1.29, 1.82) is 0 Å². The van der Waals surface area contributed by atoms with Crippen LogP contribution in [0.3, 0.4) is 0 Å². The van der Waals surface area contributed by atoms with E-state index in [-0.39, 0.29) is 18.0 Å². The van der Waals surface area contributed by atoms with Gasteiger partial charge in [-0.3, -0.25) is 4.79 Å². The predicted octanol–water partition coefficient (Wildman–Crippen LogP) is 1.71. The summed E-state index contributed by atoms with van der Waals surface area (Å²) in [6.07, 6.45) is 0.865. The van der Waals surface area contributed by atoms with Gasteiger partial charge in [-0.15, -0.1) is 21.5 Å². The summed E-state index contributed by atoms with van der Waals surface area (Å²) in [6.45, 7) is 6.08. The molecular weight excluding hydrogens is 262 g/mol. The van der Waals surface area contributed by atoms with Crippen molar-refractivity contribution >= 4 is 17.2 Å². The molecule has 0 aliphatic rings. The number of carbonyl (C=O) groups excluding carboxylic acids is 1. The first-order valence-electron chi connectivity index (χ1n) is 6.13. The Balaban J connectivity index is 1.99. The topological polar surface area (TPSA) is 72.7 Å². The maximum absolute atomic E-state index is 11.8. The van der Waals surface area contributed by atoms with Crippen LogP contribution in [0, 0.1) is 0 Å². The molecule has 0 aliphatic carbocycles. The molecule has 2 heterocycles. The average molecular weight is 279 g/mol. The van der Waals surface area contributed by atoms with Gasteiger partial charge in [-0.25, -0.2) is 0 Å². The molecule has 102 valence electrons. The number of rotatable bonds is 5. The van der Waals surface area contributed by atoms with E-state index in [2.05, 4.69) is 20.7 Å². The molecule has 2 rings (SSSR count). The summed E-state index contributed by atoms with van der Waals surface area (Å²) in [6, 6.07) is 3.85. The fourth-order valence-corrected chi connectivity index (χ4v) is 2.10. The molecule has 2 aromatic rings. The standard InChI is InChI=1S/C12H17N5OS/c1-4-12(2,3)13-10(18)8-17-15-11(14-16-17)9-6-5-7-19-9/h5-7H,4,8H2,1-3H3,(H,13,18). The van der Waals surface area contributed by atoms with Gasteiger partial charge in [0.05, 0.1) is 4.88 Å². The fourth-order valence-electron chi connectivity index (χ4n) is 1.45. The van der Waals surface area contributed by atoms with E-state index in [1.165, 1.54) is 4.80 Å². The second-order valence-electron chi connectivity index (χ2n) is 4.91. The van der Waals surface area contributed by atoms with Crippen LogP contribution in [0.5, 0.6) is 0 Å². The summed E-state index contributed by atoms with van der Waals surface area (Å²) in [4.78, 5) is 14.1. The SMILES string of the molecule is CCC(C)(C)NC(=O)Cn1nnc(-c2cccs2)n1. The molecule has 1 N–H and O–H groups in total. The molecule has 0 bridgehead atoms. The van der Waals surface area contributed by atoms with Crippen LogP contribution in [0.2, 0.25) is 0 Å². The van der Waals surface area contributed by atoms with Gasteiger partial charge in [0, 0.05) is 5.54 Å². The summed E-state index contributed by atoms with van der Waals surface area (Å²) in [5, 5.41) is 16.9. The molecule has 0 fully saturated rings. The number of nitrogens with zero attached hydrogens (tertiary/aromatic N) is 4. The molecule has 0 radical (unpaired) electrons. The van der Waals surface area contributed by atoms with Gasteiger partial charge in [-0.2, -0.15) is 4.80 Å². The Morgan fingerprint density at radius 3 is 2.95 bits per heavy atom. The van der Waals surface area contributed by atoms with E-state index in [1.54, 1.807) is 11.3 Å². The van der Waals surface area contributed by atoms with Crippen molar-refractivity contribution in [2.45, 2.75) is 39.3 Å². The smallest absolute Gasteiger partial charge is 0.244 e. The van der Waals surface area contributed by atoms with E-state index < -0.39 is 0 Å². The van der Waals surface area contributed by atoms with Crippen molar-refractivity contribution in [1.82, 2.24) is 25.5 Å². The first-order chi connectivity index (χ1) is 9.00. The Labute approximate surface area is 115 Å². The normalized spacial score (nSPS) is 11.5. The number of nitrogens with one attached hydrogen (secondary N) is 1. The van der Waals surface area contributed by atoms with Gasteiger partial charge < -0.3 is 5.32 Å². The zero-order valence-electron chi connectivity index (χ0n) is 11.3. The summed E-state index contributed by atoms with van der Waals surface area (Å²) in [7, 11) is 0. The highest BCUT2D eigenvalue weighted by atomic mass is 32.1. The summed E-state index contributed by atoms with van der Waals surface area (Å²) < 4.78 is 0. The van der Waals surface area contributed by atoms with E-state index in [0.717, 1.165) is 11.3 Å². The number of amides is 1. The molecule has 0 aliphatic heterocycles. The average Bonchev–Trinajstić information content (AvgIpc) is 2.97. The number of thiophene rings is 1. The Morgan fingerprint density at radius 2 is 2.32 bits per heavy atom. The molecule has 0 saturated heterocycles. The molecule has 0 saturated carbocycles. The lowest BCUT2D eigenvalue weighted by Crippen LogP contribution is -2.44. The number of hydrogen-bond acceptors (Lipinski definition) is 5. The minimum Gasteiger partial charge on any atom is -0.350 e. The summed E-state index contributed by atoms with van der Waals surface area (Å²) in [5.74, 6) is 0.444. The van der Waals surface area contributed by atoms with Gasteiger partial charge in [0.2, 0.25) is 11.7 Å². The van der Waals surface area contributed by atoms with Crippen LogP contribution in [0.4, 0.5) is 0 Å². The molecule has 6 nitrogen and oxygen atoms in total. The Bertz CT molecular complexity index is 546. The van der Waals surface area contributed by atoms with Crippen LogP contribution in [0.25, 0.3) is 10.7 Å². The molecule has 0 aromatic carbocycles. The van der Waals surface area contributed by atoms with E-state index in [9.17, 15) is 4.79 Å². The van der Waals surface area contributed by atoms with Gasteiger partial charge in [0.1, 0.15) is 6.54 Å². The quantitative estimate of drug-likeness (QED) is 0.904.